The Labute approximate surface area is 155 Å². The number of rotatable bonds is 7. The van der Waals surface area contributed by atoms with E-state index in [2.05, 4.69) is 15.6 Å². The maximum atomic E-state index is 12.7. The predicted molar refractivity (Wildman–Crippen MR) is 100 cm³/mol. The van der Waals surface area contributed by atoms with E-state index in [0.717, 1.165) is 11.8 Å². The fourth-order valence-electron chi connectivity index (χ4n) is 2.27. The topological polar surface area (TPSA) is 113 Å². The number of aliphatic hydroxyl groups is 1. The maximum Gasteiger partial charge on any atom is 0.321 e. The Morgan fingerprint density at radius 2 is 2.04 bits per heavy atom. The van der Waals surface area contributed by atoms with Gasteiger partial charge in [-0.3, -0.25) is 19.5 Å². The van der Waals surface area contributed by atoms with Gasteiger partial charge in [-0.1, -0.05) is 23.9 Å². The smallest absolute Gasteiger partial charge is 0.321 e. The number of carbonyl (C=O) groups is 2. The zero-order chi connectivity index (χ0) is 19.1. The van der Waals surface area contributed by atoms with Gasteiger partial charge in [-0.2, -0.15) is 0 Å². The van der Waals surface area contributed by atoms with Crippen LogP contribution in [0, 0.1) is 0 Å². The Bertz CT molecular complexity index is 850. The Morgan fingerprint density at radius 1 is 1.31 bits per heavy atom. The first-order valence-electron chi connectivity index (χ1n) is 8.26. The van der Waals surface area contributed by atoms with Crippen molar-refractivity contribution in [3.05, 3.63) is 34.6 Å². The minimum atomic E-state index is -0.560. The zero-order valence-electron chi connectivity index (χ0n) is 14.7. The Balaban J connectivity index is 2.18. The minimum Gasteiger partial charge on any atom is -0.396 e. The third-order valence-electron chi connectivity index (χ3n) is 3.37. The first-order valence-corrected chi connectivity index (χ1v) is 9.24. The van der Waals surface area contributed by atoms with E-state index >= 15 is 0 Å². The van der Waals surface area contributed by atoms with E-state index in [1.807, 2.05) is 0 Å². The number of aliphatic hydroxyl groups excluding tert-OH is 1. The summed E-state index contributed by atoms with van der Waals surface area (Å²) in [7, 11) is 0. The highest BCUT2D eigenvalue weighted by molar-refractivity contribution is 7.99. The fourth-order valence-corrected chi connectivity index (χ4v) is 3.10. The average Bonchev–Trinajstić information content (AvgIpc) is 2.58. The third kappa shape index (κ3) is 5.30. The first-order chi connectivity index (χ1) is 12.4. The minimum absolute atomic E-state index is 0.0563. The second-order valence-corrected chi connectivity index (χ2v) is 6.85. The molecule has 26 heavy (non-hydrogen) atoms. The number of hydrogen-bond acceptors (Lipinski definition) is 6. The molecule has 0 unspecified atom stereocenters. The number of urea groups is 1. The van der Waals surface area contributed by atoms with Gasteiger partial charge in [0.25, 0.3) is 5.56 Å². The highest BCUT2D eigenvalue weighted by Crippen LogP contribution is 2.17. The summed E-state index contributed by atoms with van der Waals surface area (Å²) in [5.74, 6) is -0.542. The maximum absolute atomic E-state index is 12.7. The van der Waals surface area contributed by atoms with Crippen LogP contribution in [-0.2, 0) is 11.3 Å². The van der Waals surface area contributed by atoms with E-state index in [1.165, 1.54) is 4.57 Å². The monoisotopic (exact) mass is 378 g/mol. The van der Waals surface area contributed by atoms with Crippen molar-refractivity contribution in [1.29, 1.82) is 0 Å². The summed E-state index contributed by atoms with van der Waals surface area (Å²) in [5.41, 5.74) is 0.322. The SMILES string of the molecule is CC(C)NC(=O)NC(=O)CSc1nc2ccccc2c(=O)n1CCCO. The van der Waals surface area contributed by atoms with Crippen LogP contribution in [-0.4, -0.2) is 45.0 Å². The second kappa shape index (κ2) is 9.35. The number of aromatic nitrogens is 2. The standard InChI is InChI=1S/C17H22N4O4S/c1-11(2)18-16(25)20-14(23)10-26-17-19-13-7-4-3-6-12(13)15(24)21(17)8-5-9-22/h3-4,6-7,11,22H,5,8-10H2,1-2H3,(H2,18,20,23,25). The molecule has 3 amide bonds. The molecule has 0 bridgehead atoms. The number of amides is 3. The van der Waals surface area contributed by atoms with Crippen molar-refractivity contribution in [2.24, 2.45) is 0 Å². The Kier molecular flexibility index (Phi) is 7.16. The summed E-state index contributed by atoms with van der Waals surface area (Å²) in [4.78, 5) is 40.6. The number of hydrogen-bond donors (Lipinski definition) is 3. The normalized spacial score (nSPS) is 10.9. The van der Waals surface area contributed by atoms with Gasteiger partial charge < -0.3 is 10.4 Å². The van der Waals surface area contributed by atoms with E-state index in [-0.39, 0.29) is 24.0 Å². The van der Waals surface area contributed by atoms with Gasteiger partial charge in [-0.25, -0.2) is 9.78 Å². The number of thioether (sulfide) groups is 1. The molecule has 2 aromatic rings. The lowest BCUT2D eigenvalue weighted by molar-refractivity contribution is -0.117. The van der Waals surface area contributed by atoms with E-state index in [4.69, 9.17) is 5.11 Å². The molecule has 0 radical (unpaired) electrons. The molecule has 0 fully saturated rings. The van der Waals surface area contributed by atoms with Gasteiger partial charge in [0.05, 0.1) is 16.7 Å². The second-order valence-electron chi connectivity index (χ2n) is 5.91. The van der Waals surface area contributed by atoms with Crippen LogP contribution in [0.1, 0.15) is 20.3 Å². The van der Waals surface area contributed by atoms with Crippen LogP contribution in [0.5, 0.6) is 0 Å². The first kappa shape index (κ1) is 19.9. The van der Waals surface area contributed by atoms with Gasteiger partial charge in [-0.15, -0.1) is 0 Å². The van der Waals surface area contributed by atoms with Gasteiger partial charge in [-0.05, 0) is 32.4 Å². The van der Waals surface area contributed by atoms with E-state index in [0.29, 0.717) is 29.0 Å². The largest absolute Gasteiger partial charge is 0.396 e. The van der Waals surface area contributed by atoms with Crippen LogP contribution in [0.15, 0.2) is 34.2 Å². The van der Waals surface area contributed by atoms with Gasteiger partial charge in [0.1, 0.15) is 0 Å². The number of para-hydroxylation sites is 1. The van der Waals surface area contributed by atoms with Crippen LogP contribution in [0.3, 0.4) is 0 Å². The number of nitrogens with zero attached hydrogens (tertiary/aromatic N) is 2. The predicted octanol–water partition coefficient (Wildman–Crippen LogP) is 1.11. The Hall–Kier alpha value is -2.39. The van der Waals surface area contributed by atoms with Crippen LogP contribution in [0.2, 0.25) is 0 Å². The summed E-state index contributed by atoms with van der Waals surface area (Å²) < 4.78 is 1.45. The molecule has 2 rings (SSSR count). The zero-order valence-corrected chi connectivity index (χ0v) is 15.5. The van der Waals surface area contributed by atoms with Crippen LogP contribution in [0.4, 0.5) is 4.79 Å². The van der Waals surface area contributed by atoms with Gasteiger partial charge >= 0.3 is 6.03 Å². The molecule has 0 saturated carbocycles. The molecular formula is C17H22N4O4S. The molecule has 8 nitrogen and oxygen atoms in total. The molecule has 0 aliphatic rings. The molecule has 0 saturated heterocycles. The molecule has 0 atom stereocenters. The quantitative estimate of drug-likeness (QED) is 0.491. The van der Waals surface area contributed by atoms with Gasteiger partial charge in [0.15, 0.2) is 5.16 Å². The molecule has 1 heterocycles. The summed E-state index contributed by atoms with van der Waals surface area (Å²) in [6, 6.07) is 6.32. The number of fused-ring (bicyclic) bond motifs is 1. The Morgan fingerprint density at radius 3 is 2.73 bits per heavy atom. The summed E-state index contributed by atoms with van der Waals surface area (Å²) >= 11 is 1.07. The molecule has 0 aliphatic carbocycles. The molecule has 3 N–H and O–H groups in total. The number of carbonyl (C=O) groups excluding carboxylic acids is 2. The van der Waals surface area contributed by atoms with Crippen LogP contribution >= 0.6 is 11.8 Å². The molecule has 0 aliphatic heterocycles. The van der Waals surface area contributed by atoms with Crippen molar-refractivity contribution >= 4 is 34.6 Å². The number of benzene rings is 1. The molecule has 0 spiro atoms. The summed E-state index contributed by atoms with van der Waals surface area (Å²) in [6.07, 6.45) is 0.399. The summed E-state index contributed by atoms with van der Waals surface area (Å²) in [6.45, 7) is 3.82. The van der Waals surface area contributed by atoms with E-state index in [9.17, 15) is 14.4 Å². The van der Waals surface area contributed by atoms with Crippen molar-refractivity contribution in [1.82, 2.24) is 20.2 Å². The molecule has 9 heteroatoms. The lowest BCUT2D eigenvalue weighted by Crippen LogP contribution is -2.43. The van der Waals surface area contributed by atoms with Crippen LogP contribution < -0.4 is 16.2 Å². The van der Waals surface area contributed by atoms with Crippen molar-refractivity contribution in [3.63, 3.8) is 0 Å². The highest BCUT2D eigenvalue weighted by Gasteiger charge is 2.14. The molecule has 1 aromatic heterocycles. The molecule has 140 valence electrons. The van der Waals surface area contributed by atoms with E-state index < -0.39 is 11.9 Å². The lowest BCUT2D eigenvalue weighted by atomic mass is 10.2. The van der Waals surface area contributed by atoms with Crippen molar-refractivity contribution in [3.8, 4) is 0 Å². The third-order valence-corrected chi connectivity index (χ3v) is 4.35. The van der Waals surface area contributed by atoms with Crippen molar-refractivity contribution in [2.75, 3.05) is 12.4 Å². The number of nitrogens with one attached hydrogen (secondary N) is 2. The highest BCUT2D eigenvalue weighted by atomic mass is 32.2. The fraction of sp³-hybridized carbons (Fsp3) is 0.412. The lowest BCUT2D eigenvalue weighted by Gasteiger charge is -2.13. The van der Waals surface area contributed by atoms with E-state index in [1.54, 1.807) is 38.1 Å². The van der Waals surface area contributed by atoms with Gasteiger partial charge in [0.2, 0.25) is 5.91 Å². The van der Waals surface area contributed by atoms with Gasteiger partial charge in [0, 0.05) is 19.2 Å². The van der Waals surface area contributed by atoms with Crippen LogP contribution in [0.25, 0.3) is 10.9 Å². The molecular weight excluding hydrogens is 356 g/mol. The average molecular weight is 378 g/mol. The van der Waals surface area contributed by atoms with Crippen molar-refractivity contribution < 1.29 is 14.7 Å². The summed E-state index contributed by atoms with van der Waals surface area (Å²) in [5, 5.41) is 14.7. The van der Waals surface area contributed by atoms with Crippen molar-refractivity contribution in [2.45, 2.75) is 38.0 Å². The number of imide groups is 1. The molecule has 1 aromatic carbocycles.